The van der Waals surface area contributed by atoms with E-state index in [1.807, 2.05) is 22.6 Å². The summed E-state index contributed by atoms with van der Waals surface area (Å²) in [6, 6.07) is 3.69. The number of amides is 1. The third-order valence-electron chi connectivity index (χ3n) is 2.07. The van der Waals surface area contributed by atoms with Gasteiger partial charge >= 0.3 is 5.97 Å². The van der Waals surface area contributed by atoms with Gasteiger partial charge in [0.05, 0.1) is 12.7 Å². The maximum Gasteiger partial charge on any atom is 0.320 e. The second-order valence-electron chi connectivity index (χ2n) is 3.32. The first-order valence-corrected chi connectivity index (χ1v) is 6.53. The van der Waals surface area contributed by atoms with Gasteiger partial charge < -0.3 is 10.1 Å². The molecule has 4 nitrogen and oxygen atoms in total. The van der Waals surface area contributed by atoms with Gasteiger partial charge in [0.2, 0.25) is 0 Å². The van der Waals surface area contributed by atoms with Crippen LogP contribution in [0.4, 0.5) is 4.39 Å². The maximum absolute atomic E-state index is 13.4. The number of esters is 1. The van der Waals surface area contributed by atoms with Crippen LogP contribution >= 0.6 is 34.2 Å². The lowest BCUT2D eigenvalue weighted by Gasteiger charge is -2.09. The maximum atomic E-state index is 13.4. The number of hydrogen-bond donors (Lipinski definition) is 1. The van der Waals surface area contributed by atoms with Crippen molar-refractivity contribution in [2.45, 2.75) is 3.92 Å². The van der Waals surface area contributed by atoms with Crippen LogP contribution in [0.2, 0.25) is 5.02 Å². The van der Waals surface area contributed by atoms with Gasteiger partial charge in [-0.3, -0.25) is 9.59 Å². The fourth-order valence-electron chi connectivity index (χ4n) is 1.16. The zero-order chi connectivity index (χ0) is 13.7. The number of hydrogen-bond acceptors (Lipinski definition) is 3. The summed E-state index contributed by atoms with van der Waals surface area (Å²) < 4.78 is 17.3. The Bertz CT molecular complexity index is 470. The third-order valence-corrected chi connectivity index (χ3v) is 3.26. The van der Waals surface area contributed by atoms with Crippen molar-refractivity contribution in [1.29, 1.82) is 0 Å². The summed E-state index contributed by atoms with van der Waals surface area (Å²) in [4.78, 5) is 22.8. The molecule has 18 heavy (non-hydrogen) atoms. The molecule has 0 aromatic heterocycles. The predicted molar refractivity (Wildman–Crippen MR) is 73.6 cm³/mol. The molecular weight excluding hydrogens is 375 g/mol. The van der Waals surface area contributed by atoms with Crippen molar-refractivity contribution in [3.05, 3.63) is 34.6 Å². The van der Waals surface area contributed by atoms with Crippen molar-refractivity contribution in [2.75, 3.05) is 13.7 Å². The van der Waals surface area contributed by atoms with Crippen LogP contribution in [-0.4, -0.2) is 29.5 Å². The standard InChI is InChI=1S/C11H10ClFINO3/c1-18-11(17)9(14)5-15-10(16)7-4-6(12)2-3-8(7)13/h2-4,9H,5H2,1H3,(H,15,16). The van der Waals surface area contributed by atoms with Gasteiger partial charge in [0.1, 0.15) is 9.74 Å². The van der Waals surface area contributed by atoms with Crippen LogP contribution in [0.15, 0.2) is 18.2 Å². The molecule has 1 aromatic carbocycles. The SMILES string of the molecule is COC(=O)C(I)CNC(=O)c1cc(Cl)ccc1F. The number of nitrogens with one attached hydrogen (secondary N) is 1. The molecular formula is C11H10ClFINO3. The molecule has 0 bridgehead atoms. The van der Waals surface area contributed by atoms with E-state index in [1.54, 1.807) is 0 Å². The van der Waals surface area contributed by atoms with E-state index >= 15 is 0 Å². The molecule has 0 aliphatic carbocycles. The molecule has 0 radical (unpaired) electrons. The molecule has 1 amide bonds. The first-order valence-electron chi connectivity index (χ1n) is 4.91. The predicted octanol–water partition coefficient (Wildman–Crippen LogP) is 2.19. The van der Waals surface area contributed by atoms with Crippen molar-refractivity contribution < 1.29 is 18.7 Å². The summed E-state index contributed by atoms with van der Waals surface area (Å²) in [5.41, 5.74) is -0.157. The van der Waals surface area contributed by atoms with E-state index in [0.717, 1.165) is 6.07 Å². The summed E-state index contributed by atoms with van der Waals surface area (Å²) in [7, 11) is 1.26. The van der Waals surface area contributed by atoms with Crippen LogP contribution < -0.4 is 5.32 Å². The molecule has 1 aromatic rings. The van der Waals surface area contributed by atoms with E-state index in [9.17, 15) is 14.0 Å². The van der Waals surface area contributed by atoms with Crippen molar-refractivity contribution in [3.63, 3.8) is 0 Å². The van der Waals surface area contributed by atoms with E-state index in [0.29, 0.717) is 0 Å². The van der Waals surface area contributed by atoms with E-state index in [-0.39, 0.29) is 17.1 Å². The average Bonchev–Trinajstić information content (AvgIpc) is 2.37. The first-order chi connectivity index (χ1) is 8.45. The van der Waals surface area contributed by atoms with E-state index in [2.05, 4.69) is 10.1 Å². The number of alkyl halides is 1. The van der Waals surface area contributed by atoms with Crippen LogP contribution in [0.5, 0.6) is 0 Å². The number of carbonyl (C=O) groups excluding carboxylic acids is 2. The fourth-order valence-corrected chi connectivity index (χ4v) is 1.81. The lowest BCUT2D eigenvalue weighted by molar-refractivity contribution is -0.139. The minimum Gasteiger partial charge on any atom is -0.468 e. The number of benzene rings is 1. The summed E-state index contributed by atoms with van der Waals surface area (Å²) in [5.74, 6) is -1.75. The molecule has 1 N–H and O–H groups in total. The van der Waals surface area contributed by atoms with Crippen molar-refractivity contribution in [1.82, 2.24) is 5.32 Å². The Labute approximate surface area is 122 Å². The third kappa shape index (κ3) is 4.09. The summed E-state index contributed by atoms with van der Waals surface area (Å²) >= 11 is 7.50. The molecule has 0 aliphatic heterocycles. The van der Waals surface area contributed by atoms with Gasteiger partial charge in [0, 0.05) is 11.6 Å². The van der Waals surface area contributed by atoms with Crippen LogP contribution in [0.25, 0.3) is 0 Å². The van der Waals surface area contributed by atoms with Gasteiger partial charge in [-0.25, -0.2) is 4.39 Å². The Morgan fingerprint density at radius 3 is 2.83 bits per heavy atom. The van der Waals surface area contributed by atoms with Gasteiger partial charge in [-0.05, 0) is 18.2 Å². The van der Waals surface area contributed by atoms with Gasteiger partial charge in [0.15, 0.2) is 0 Å². The van der Waals surface area contributed by atoms with Crippen molar-refractivity contribution >= 4 is 46.1 Å². The number of methoxy groups -OCH3 is 1. The Morgan fingerprint density at radius 2 is 2.22 bits per heavy atom. The molecule has 1 unspecified atom stereocenters. The van der Waals surface area contributed by atoms with Gasteiger partial charge in [-0.1, -0.05) is 34.2 Å². The molecule has 0 aliphatic rings. The number of rotatable bonds is 4. The normalized spacial score (nSPS) is 11.8. The van der Waals surface area contributed by atoms with Crippen molar-refractivity contribution in [2.24, 2.45) is 0 Å². The number of carbonyl (C=O) groups is 2. The van der Waals surface area contributed by atoms with Gasteiger partial charge in [0.25, 0.3) is 5.91 Å². The van der Waals surface area contributed by atoms with E-state index in [1.165, 1.54) is 19.2 Å². The highest BCUT2D eigenvalue weighted by Crippen LogP contribution is 2.14. The highest BCUT2D eigenvalue weighted by Gasteiger charge is 2.18. The molecule has 0 spiro atoms. The van der Waals surface area contributed by atoms with Gasteiger partial charge in [-0.2, -0.15) is 0 Å². The van der Waals surface area contributed by atoms with Crippen molar-refractivity contribution in [3.8, 4) is 0 Å². The van der Waals surface area contributed by atoms with E-state index < -0.39 is 21.6 Å². The highest BCUT2D eigenvalue weighted by molar-refractivity contribution is 14.1. The average molecular weight is 386 g/mol. The van der Waals surface area contributed by atoms with Crippen LogP contribution in [0, 0.1) is 5.82 Å². The summed E-state index contributed by atoms with van der Waals surface area (Å²) in [6.45, 7) is 0.0536. The topological polar surface area (TPSA) is 55.4 Å². The Morgan fingerprint density at radius 1 is 1.56 bits per heavy atom. The first kappa shape index (κ1) is 15.2. The Hall–Kier alpha value is -0.890. The molecule has 7 heteroatoms. The summed E-state index contributed by atoms with van der Waals surface area (Å²) in [5, 5.41) is 2.70. The Balaban J connectivity index is 2.66. The van der Waals surface area contributed by atoms with Crippen LogP contribution in [0.3, 0.4) is 0 Å². The second-order valence-corrected chi connectivity index (χ2v) is 5.26. The Kier molecular flexibility index (Phi) is 5.80. The molecule has 0 fully saturated rings. The monoisotopic (exact) mass is 385 g/mol. The van der Waals surface area contributed by atoms with Crippen LogP contribution in [0.1, 0.15) is 10.4 Å². The largest absolute Gasteiger partial charge is 0.468 e. The molecule has 0 heterocycles. The molecule has 0 saturated carbocycles. The minimum absolute atomic E-state index is 0.0536. The fraction of sp³-hybridized carbons (Fsp3) is 0.273. The minimum atomic E-state index is -0.667. The number of ether oxygens (including phenoxy) is 1. The van der Waals surface area contributed by atoms with Crippen LogP contribution in [-0.2, 0) is 9.53 Å². The summed E-state index contributed by atoms with van der Waals surface area (Å²) in [6.07, 6.45) is 0. The zero-order valence-corrected chi connectivity index (χ0v) is 12.3. The lowest BCUT2D eigenvalue weighted by Crippen LogP contribution is -2.34. The molecule has 1 atom stereocenters. The van der Waals surface area contributed by atoms with E-state index in [4.69, 9.17) is 11.6 Å². The molecule has 98 valence electrons. The highest BCUT2D eigenvalue weighted by atomic mass is 127. The molecule has 0 saturated heterocycles. The lowest BCUT2D eigenvalue weighted by atomic mass is 10.2. The number of halogens is 3. The van der Waals surface area contributed by atoms with Gasteiger partial charge in [-0.15, -0.1) is 0 Å². The molecule has 1 rings (SSSR count). The smallest absolute Gasteiger partial charge is 0.320 e. The zero-order valence-electron chi connectivity index (χ0n) is 9.38. The second kappa shape index (κ2) is 6.89. The quantitative estimate of drug-likeness (QED) is 0.491.